The molecular weight excluding hydrogens is 328 g/mol. The molecule has 0 aliphatic heterocycles. The van der Waals surface area contributed by atoms with E-state index < -0.39 is 0 Å². The van der Waals surface area contributed by atoms with Crippen LogP contribution < -0.4 is 10.2 Å². The Morgan fingerprint density at radius 2 is 1.85 bits per heavy atom. The molecule has 0 unspecified atom stereocenters. The van der Waals surface area contributed by atoms with Gasteiger partial charge in [0.1, 0.15) is 5.76 Å². The lowest BCUT2D eigenvalue weighted by Gasteiger charge is -2.12. The SMILES string of the molecule is Cc1cc(=O)c2c(C)c3ccoc3c(OCCCc3ccccc3)c2o1. The summed E-state index contributed by atoms with van der Waals surface area (Å²) in [5.74, 6) is 1.07. The van der Waals surface area contributed by atoms with Gasteiger partial charge in [-0.1, -0.05) is 30.3 Å². The lowest BCUT2D eigenvalue weighted by Crippen LogP contribution is -2.06. The molecular formula is C22H20O4. The van der Waals surface area contributed by atoms with Gasteiger partial charge in [-0.3, -0.25) is 4.79 Å². The number of ether oxygens (including phenoxy) is 1. The van der Waals surface area contributed by atoms with Gasteiger partial charge in [0.15, 0.2) is 16.6 Å². The summed E-state index contributed by atoms with van der Waals surface area (Å²) in [6.45, 7) is 4.19. The van der Waals surface area contributed by atoms with E-state index in [1.54, 1.807) is 13.2 Å². The molecule has 0 aliphatic carbocycles. The Morgan fingerprint density at radius 3 is 2.65 bits per heavy atom. The summed E-state index contributed by atoms with van der Waals surface area (Å²) in [6, 6.07) is 13.7. The summed E-state index contributed by atoms with van der Waals surface area (Å²) in [7, 11) is 0. The van der Waals surface area contributed by atoms with Crippen LogP contribution in [-0.2, 0) is 6.42 Å². The number of rotatable bonds is 5. The van der Waals surface area contributed by atoms with Crippen LogP contribution in [0.5, 0.6) is 5.75 Å². The van der Waals surface area contributed by atoms with E-state index in [4.69, 9.17) is 13.6 Å². The molecule has 2 heterocycles. The molecule has 0 fully saturated rings. The number of aryl methyl sites for hydroxylation is 3. The Bertz CT molecular complexity index is 1120. The maximum atomic E-state index is 12.5. The molecule has 0 atom stereocenters. The predicted octanol–water partition coefficient (Wildman–Crippen LogP) is 5.17. The topological polar surface area (TPSA) is 52.6 Å². The van der Waals surface area contributed by atoms with Gasteiger partial charge in [0.25, 0.3) is 0 Å². The molecule has 4 aromatic rings. The molecule has 4 rings (SSSR count). The second-order valence-electron chi connectivity index (χ2n) is 6.48. The molecule has 4 heteroatoms. The van der Waals surface area contributed by atoms with Crippen LogP contribution in [0.25, 0.3) is 21.9 Å². The van der Waals surface area contributed by atoms with Gasteiger partial charge in [-0.25, -0.2) is 0 Å². The lowest BCUT2D eigenvalue weighted by atomic mass is 10.0. The average molecular weight is 348 g/mol. The summed E-state index contributed by atoms with van der Waals surface area (Å²) >= 11 is 0. The van der Waals surface area contributed by atoms with Gasteiger partial charge in [0.05, 0.1) is 18.3 Å². The number of hydrogen-bond acceptors (Lipinski definition) is 4. The number of benzene rings is 2. The molecule has 0 N–H and O–H groups in total. The molecule has 0 bridgehead atoms. The Morgan fingerprint density at radius 1 is 1.04 bits per heavy atom. The van der Waals surface area contributed by atoms with Crippen LogP contribution in [0.3, 0.4) is 0 Å². The number of fused-ring (bicyclic) bond motifs is 2. The Hall–Kier alpha value is -3.01. The van der Waals surface area contributed by atoms with Gasteiger partial charge in [0, 0.05) is 11.5 Å². The van der Waals surface area contributed by atoms with Crippen molar-refractivity contribution in [2.24, 2.45) is 0 Å². The average Bonchev–Trinajstić information content (AvgIpc) is 3.11. The Balaban J connectivity index is 1.69. The molecule has 0 saturated heterocycles. The highest BCUT2D eigenvalue weighted by atomic mass is 16.5. The minimum atomic E-state index is -0.0570. The second-order valence-corrected chi connectivity index (χ2v) is 6.48. The van der Waals surface area contributed by atoms with Crippen LogP contribution in [-0.4, -0.2) is 6.61 Å². The fourth-order valence-corrected chi connectivity index (χ4v) is 3.37. The smallest absolute Gasteiger partial charge is 0.206 e. The zero-order chi connectivity index (χ0) is 18.1. The van der Waals surface area contributed by atoms with E-state index in [0.717, 1.165) is 23.8 Å². The van der Waals surface area contributed by atoms with Crippen LogP contribution in [0.1, 0.15) is 23.3 Å². The molecule has 2 aromatic heterocycles. The third-order valence-corrected chi connectivity index (χ3v) is 4.63. The maximum Gasteiger partial charge on any atom is 0.206 e. The summed E-state index contributed by atoms with van der Waals surface area (Å²) < 4.78 is 17.6. The predicted molar refractivity (Wildman–Crippen MR) is 102 cm³/mol. The monoisotopic (exact) mass is 348 g/mol. The normalized spacial score (nSPS) is 11.3. The quantitative estimate of drug-likeness (QED) is 0.467. The van der Waals surface area contributed by atoms with E-state index in [2.05, 4.69) is 12.1 Å². The van der Waals surface area contributed by atoms with Crippen molar-refractivity contribution in [3.63, 3.8) is 0 Å². The number of furan rings is 1. The van der Waals surface area contributed by atoms with E-state index in [9.17, 15) is 4.79 Å². The first kappa shape index (κ1) is 16.5. The first-order valence-corrected chi connectivity index (χ1v) is 8.76. The van der Waals surface area contributed by atoms with Gasteiger partial charge in [-0.2, -0.15) is 0 Å². The van der Waals surface area contributed by atoms with Crippen molar-refractivity contribution in [2.75, 3.05) is 6.61 Å². The van der Waals surface area contributed by atoms with Crippen molar-refractivity contribution in [1.29, 1.82) is 0 Å². The zero-order valence-electron chi connectivity index (χ0n) is 14.9. The van der Waals surface area contributed by atoms with E-state index in [0.29, 0.717) is 34.7 Å². The molecule has 0 saturated carbocycles. The first-order chi connectivity index (χ1) is 12.6. The van der Waals surface area contributed by atoms with Crippen molar-refractivity contribution in [1.82, 2.24) is 0 Å². The number of hydrogen-bond donors (Lipinski definition) is 0. The summed E-state index contributed by atoms with van der Waals surface area (Å²) in [5, 5.41) is 1.44. The van der Waals surface area contributed by atoms with Gasteiger partial charge >= 0.3 is 0 Å². The Kier molecular flexibility index (Phi) is 4.25. The van der Waals surface area contributed by atoms with Crippen LogP contribution in [0.15, 0.2) is 62.4 Å². The minimum absolute atomic E-state index is 0.0570. The molecule has 26 heavy (non-hydrogen) atoms. The first-order valence-electron chi connectivity index (χ1n) is 8.76. The van der Waals surface area contributed by atoms with E-state index >= 15 is 0 Å². The molecule has 0 spiro atoms. The molecule has 4 nitrogen and oxygen atoms in total. The van der Waals surface area contributed by atoms with Crippen LogP contribution in [0.2, 0.25) is 0 Å². The van der Waals surface area contributed by atoms with E-state index in [1.165, 1.54) is 11.6 Å². The third-order valence-electron chi connectivity index (χ3n) is 4.63. The second kappa shape index (κ2) is 6.71. The molecule has 0 radical (unpaired) electrons. The van der Waals surface area contributed by atoms with Gasteiger partial charge in [0.2, 0.25) is 5.75 Å². The van der Waals surface area contributed by atoms with Crippen LogP contribution >= 0.6 is 0 Å². The standard InChI is InChI=1S/C22H20O4/c1-14-13-18(23)19-15(2)17-10-12-25-20(17)22(21(19)26-14)24-11-6-9-16-7-4-3-5-8-16/h3-5,7-8,10,12-13H,6,9,11H2,1-2H3. The summed E-state index contributed by atoms with van der Waals surface area (Å²) in [4.78, 5) is 12.5. The largest absolute Gasteiger partial charge is 0.486 e. The molecule has 2 aromatic carbocycles. The van der Waals surface area contributed by atoms with Gasteiger partial charge in [-0.15, -0.1) is 0 Å². The van der Waals surface area contributed by atoms with Crippen molar-refractivity contribution >= 4 is 21.9 Å². The molecule has 132 valence electrons. The molecule has 0 aliphatic rings. The Labute approximate surface area is 151 Å². The zero-order valence-corrected chi connectivity index (χ0v) is 14.9. The highest BCUT2D eigenvalue weighted by Gasteiger charge is 2.19. The third kappa shape index (κ3) is 2.88. The highest BCUT2D eigenvalue weighted by molar-refractivity contribution is 6.03. The fraction of sp³-hybridized carbons (Fsp3) is 0.227. The van der Waals surface area contributed by atoms with Crippen molar-refractivity contribution in [3.05, 3.63) is 75.8 Å². The summed E-state index contributed by atoms with van der Waals surface area (Å²) in [6.07, 6.45) is 3.40. The van der Waals surface area contributed by atoms with Crippen molar-refractivity contribution in [3.8, 4) is 5.75 Å². The van der Waals surface area contributed by atoms with E-state index in [1.807, 2.05) is 31.2 Å². The van der Waals surface area contributed by atoms with Gasteiger partial charge in [-0.05, 0) is 43.9 Å². The van der Waals surface area contributed by atoms with Crippen molar-refractivity contribution in [2.45, 2.75) is 26.7 Å². The van der Waals surface area contributed by atoms with Crippen molar-refractivity contribution < 1.29 is 13.6 Å². The van der Waals surface area contributed by atoms with Crippen LogP contribution in [0.4, 0.5) is 0 Å². The minimum Gasteiger partial charge on any atom is -0.486 e. The van der Waals surface area contributed by atoms with E-state index in [-0.39, 0.29) is 5.43 Å². The highest BCUT2D eigenvalue weighted by Crippen LogP contribution is 2.37. The molecule has 0 amide bonds. The fourth-order valence-electron chi connectivity index (χ4n) is 3.37. The lowest BCUT2D eigenvalue weighted by molar-refractivity contribution is 0.308. The maximum absolute atomic E-state index is 12.5. The van der Waals surface area contributed by atoms with Crippen LogP contribution in [0, 0.1) is 13.8 Å². The summed E-state index contributed by atoms with van der Waals surface area (Å²) in [5.41, 5.74) is 3.17. The van der Waals surface area contributed by atoms with Gasteiger partial charge < -0.3 is 13.6 Å².